The lowest BCUT2D eigenvalue weighted by Crippen LogP contribution is -2.29. The summed E-state index contributed by atoms with van der Waals surface area (Å²) >= 11 is 0. The van der Waals surface area contributed by atoms with Crippen LogP contribution in [0.5, 0.6) is 0 Å². The molecule has 2 aromatic carbocycles. The van der Waals surface area contributed by atoms with E-state index >= 15 is 0 Å². The van der Waals surface area contributed by atoms with E-state index in [1.54, 1.807) is 0 Å². The van der Waals surface area contributed by atoms with Crippen molar-refractivity contribution in [3.8, 4) is 11.8 Å². The Morgan fingerprint density at radius 3 is 2.10 bits per heavy atom. The van der Waals surface area contributed by atoms with Gasteiger partial charge in [0.1, 0.15) is 11.3 Å². The van der Waals surface area contributed by atoms with E-state index in [2.05, 4.69) is 62.1 Å². The van der Waals surface area contributed by atoms with E-state index in [-0.39, 0.29) is 5.41 Å². The van der Waals surface area contributed by atoms with Crippen molar-refractivity contribution in [2.24, 2.45) is 5.18 Å². The van der Waals surface area contributed by atoms with Crippen LogP contribution in [0.25, 0.3) is 0 Å². The van der Waals surface area contributed by atoms with Crippen LogP contribution in [0.1, 0.15) is 86.6 Å². The van der Waals surface area contributed by atoms with Crippen LogP contribution in [0.4, 0.5) is 5.69 Å². The highest BCUT2D eigenvalue weighted by molar-refractivity contribution is 5.53. The smallest absolute Gasteiger partial charge is 0.125 e. The van der Waals surface area contributed by atoms with Gasteiger partial charge in [-0.15, -0.1) is 4.91 Å². The fourth-order valence-electron chi connectivity index (χ4n) is 4.84. The van der Waals surface area contributed by atoms with Crippen molar-refractivity contribution in [3.05, 3.63) is 69.1 Å². The maximum absolute atomic E-state index is 11.0. The highest BCUT2D eigenvalue weighted by Crippen LogP contribution is 2.41. The zero-order valence-corrected chi connectivity index (χ0v) is 18.7. The van der Waals surface area contributed by atoms with Crippen LogP contribution in [0, 0.1) is 30.6 Å². The molecule has 3 nitrogen and oxygen atoms in total. The molecule has 0 aromatic heterocycles. The summed E-state index contributed by atoms with van der Waals surface area (Å²) in [5.41, 5.74) is 5.06. The maximum atomic E-state index is 11.0. The van der Waals surface area contributed by atoms with Gasteiger partial charge >= 0.3 is 0 Å². The highest BCUT2D eigenvalue weighted by Gasteiger charge is 2.31. The number of aliphatic hydroxyl groups is 1. The lowest BCUT2D eigenvalue weighted by Gasteiger charge is -2.34. The Kier molecular flexibility index (Phi) is 6.78. The van der Waals surface area contributed by atoms with Gasteiger partial charge in [-0.25, -0.2) is 0 Å². The Hall–Kier alpha value is -2.44. The molecule has 1 fully saturated rings. The molecule has 3 rings (SSSR count). The van der Waals surface area contributed by atoms with Gasteiger partial charge < -0.3 is 5.11 Å². The second kappa shape index (κ2) is 9.14. The first-order valence-electron chi connectivity index (χ1n) is 11.2. The van der Waals surface area contributed by atoms with Gasteiger partial charge in [0.05, 0.1) is 0 Å². The van der Waals surface area contributed by atoms with Gasteiger partial charge in [-0.1, -0.05) is 56.4 Å². The first-order valence-corrected chi connectivity index (χ1v) is 11.2. The molecule has 1 aliphatic rings. The third-order valence-electron chi connectivity index (χ3n) is 6.94. The molecule has 0 aliphatic heterocycles. The van der Waals surface area contributed by atoms with E-state index in [1.807, 2.05) is 19.1 Å². The van der Waals surface area contributed by atoms with Crippen LogP contribution in [0.2, 0.25) is 0 Å². The molecule has 3 heteroatoms. The normalized spacial score (nSPS) is 15.9. The van der Waals surface area contributed by atoms with Crippen LogP contribution in [0.15, 0.2) is 41.6 Å². The maximum Gasteiger partial charge on any atom is 0.125 e. The van der Waals surface area contributed by atoms with Gasteiger partial charge in [0, 0.05) is 11.0 Å². The molecule has 0 unspecified atom stereocenters. The van der Waals surface area contributed by atoms with Crippen molar-refractivity contribution in [2.75, 3.05) is 0 Å². The van der Waals surface area contributed by atoms with Crippen LogP contribution in [0.3, 0.4) is 0 Å². The van der Waals surface area contributed by atoms with Gasteiger partial charge in [0.15, 0.2) is 0 Å². The summed E-state index contributed by atoms with van der Waals surface area (Å²) in [5, 5.41) is 13.8. The molecule has 2 aromatic rings. The summed E-state index contributed by atoms with van der Waals surface area (Å²) in [6, 6.07) is 12.5. The molecule has 0 atom stereocenters. The van der Waals surface area contributed by atoms with Gasteiger partial charge in [-0.3, -0.25) is 0 Å². The van der Waals surface area contributed by atoms with E-state index in [0.29, 0.717) is 5.69 Å². The number of nitrogens with zero attached hydrogens (tertiary/aromatic N) is 1. The lowest BCUT2D eigenvalue weighted by atomic mass is 9.70. The number of nitroso groups, excluding NO2 is 1. The van der Waals surface area contributed by atoms with E-state index in [9.17, 15) is 10.0 Å². The van der Waals surface area contributed by atoms with Crippen LogP contribution in [-0.2, 0) is 5.41 Å². The van der Waals surface area contributed by atoms with Crippen LogP contribution >= 0.6 is 0 Å². The fourth-order valence-corrected chi connectivity index (χ4v) is 4.84. The number of aryl methyl sites for hydroxylation is 2. The van der Waals surface area contributed by atoms with Crippen molar-refractivity contribution < 1.29 is 5.11 Å². The SMILES string of the molecule is CCC(CC)(c1ccc(C#CC2(O)CCCCC2)c(C)c1)c1ccc(N=O)c(C)c1. The zero-order chi connectivity index (χ0) is 21.8. The molecule has 1 aliphatic carbocycles. The Bertz CT molecular complexity index is 970. The summed E-state index contributed by atoms with van der Waals surface area (Å²) in [4.78, 5) is 11.0. The third-order valence-corrected chi connectivity index (χ3v) is 6.94. The summed E-state index contributed by atoms with van der Waals surface area (Å²) < 4.78 is 0. The van der Waals surface area contributed by atoms with Crippen molar-refractivity contribution in [2.45, 2.75) is 83.7 Å². The van der Waals surface area contributed by atoms with Crippen molar-refractivity contribution in [1.82, 2.24) is 0 Å². The number of rotatable bonds is 5. The standard InChI is InChI=1S/C27H33NO2/c1-5-27(6-2,24-12-13-25(28-30)21(4)19-24)23-11-10-22(20(3)18-23)14-17-26(29)15-8-7-9-16-26/h10-13,18-19,29H,5-9,15-16H2,1-4H3. The Morgan fingerprint density at radius 1 is 0.967 bits per heavy atom. The lowest BCUT2D eigenvalue weighted by molar-refractivity contribution is 0.0610. The number of hydrogen-bond donors (Lipinski definition) is 1. The minimum Gasteiger partial charge on any atom is -0.378 e. The zero-order valence-electron chi connectivity index (χ0n) is 18.7. The Labute approximate surface area is 180 Å². The second-order valence-electron chi connectivity index (χ2n) is 8.75. The summed E-state index contributed by atoms with van der Waals surface area (Å²) in [6.07, 6.45) is 6.76. The van der Waals surface area contributed by atoms with Crippen molar-refractivity contribution in [3.63, 3.8) is 0 Å². The van der Waals surface area contributed by atoms with Gasteiger partial charge in [-0.05, 0) is 91.9 Å². The Balaban J connectivity index is 1.98. The average molecular weight is 404 g/mol. The highest BCUT2D eigenvalue weighted by atomic mass is 16.3. The molecule has 0 bridgehead atoms. The molecule has 0 amide bonds. The predicted octanol–water partition coefficient (Wildman–Crippen LogP) is 6.85. The van der Waals surface area contributed by atoms with E-state index in [0.717, 1.165) is 55.2 Å². The molecule has 1 saturated carbocycles. The third kappa shape index (κ3) is 4.35. The summed E-state index contributed by atoms with van der Waals surface area (Å²) in [6.45, 7) is 8.47. The molecule has 0 heterocycles. The summed E-state index contributed by atoms with van der Waals surface area (Å²) in [5.74, 6) is 6.41. The van der Waals surface area contributed by atoms with Gasteiger partial charge in [0.2, 0.25) is 0 Å². The molecular formula is C27H33NO2. The largest absolute Gasteiger partial charge is 0.378 e. The number of benzene rings is 2. The van der Waals surface area contributed by atoms with Crippen LogP contribution < -0.4 is 0 Å². The first kappa shape index (κ1) is 22.2. The minimum absolute atomic E-state index is 0.121. The first-order chi connectivity index (χ1) is 14.4. The average Bonchev–Trinajstić information content (AvgIpc) is 2.75. The van der Waals surface area contributed by atoms with Crippen molar-refractivity contribution in [1.29, 1.82) is 0 Å². The van der Waals surface area contributed by atoms with E-state index < -0.39 is 5.60 Å². The van der Waals surface area contributed by atoms with Crippen LogP contribution in [-0.4, -0.2) is 10.7 Å². The molecule has 1 N–H and O–H groups in total. The van der Waals surface area contributed by atoms with Gasteiger partial charge in [0.25, 0.3) is 0 Å². The molecule has 158 valence electrons. The Morgan fingerprint density at radius 2 is 1.57 bits per heavy atom. The predicted molar refractivity (Wildman–Crippen MR) is 124 cm³/mol. The van der Waals surface area contributed by atoms with E-state index in [4.69, 9.17) is 0 Å². The molecular weight excluding hydrogens is 370 g/mol. The monoisotopic (exact) mass is 403 g/mol. The quantitative estimate of drug-likeness (QED) is 0.438. The van der Waals surface area contributed by atoms with Crippen molar-refractivity contribution >= 4 is 5.69 Å². The topological polar surface area (TPSA) is 49.7 Å². The fraction of sp³-hybridized carbons (Fsp3) is 0.481. The number of hydrogen-bond acceptors (Lipinski definition) is 3. The summed E-state index contributed by atoms with van der Waals surface area (Å²) in [7, 11) is 0. The van der Waals surface area contributed by atoms with E-state index in [1.165, 1.54) is 17.5 Å². The van der Waals surface area contributed by atoms with Gasteiger partial charge in [-0.2, -0.15) is 0 Å². The molecule has 0 spiro atoms. The minimum atomic E-state index is -0.828. The second-order valence-corrected chi connectivity index (χ2v) is 8.75. The molecule has 0 saturated heterocycles. The molecule has 30 heavy (non-hydrogen) atoms. The molecule has 0 radical (unpaired) electrons.